The molecular formula is C21H21F2N5O. The van der Waals surface area contributed by atoms with E-state index in [0.717, 1.165) is 55.5 Å². The number of carbonyl (C=O) groups excluding carboxylic acids is 1. The first-order valence-corrected chi connectivity index (χ1v) is 10.0. The lowest BCUT2D eigenvalue weighted by Gasteiger charge is -2.14. The van der Waals surface area contributed by atoms with Gasteiger partial charge in [0.1, 0.15) is 5.82 Å². The SMILES string of the molecule is O=C(Nc1ccnn1C1CCCC1)c1nn(-c2ccc(F)c(F)c2)c2c1CCC2. The molecule has 2 aromatic heterocycles. The largest absolute Gasteiger partial charge is 0.305 e. The van der Waals surface area contributed by atoms with Crippen LogP contribution < -0.4 is 5.32 Å². The number of fused-ring (bicyclic) bond motifs is 1. The van der Waals surface area contributed by atoms with Gasteiger partial charge in [0.25, 0.3) is 5.91 Å². The van der Waals surface area contributed by atoms with Crippen LogP contribution in [0.3, 0.4) is 0 Å². The van der Waals surface area contributed by atoms with Gasteiger partial charge in [0.05, 0.1) is 17.9 Å². The molecule has 0 atom stereocenters. The second kappa shape index (κ2) is 7.09. The highest BCUT2D eigenvalue weighted by Gasteiger charge is 2.28. The highest BCUT2D eigenvalue weighted by atomic mass is 19.2. The molecule has 2 aliphatic rings. The molecule has 1 N–H and O–H groups in total. The number of nitrogens with zero attached hydrogens (tertiary/aromatic N) is 4. The molecular weight excluding hydrogens is 376 g/mol. The van der Waals surface area contributed by atoms with Gasteiger partial charge in [0.15, 0.2) is 17.3 Å². The zero-order valence-electron chi connectivity index (χ0n) is 15.9. The highest BCUT2D eigenvalue weighted by Crippen LogP contribution is 2.32. The Kier molecular flexibility index (Phi) is 4.41. The fourth-order valence-corrected chi connectivity index (χ4v) is 4.48. The summed E-state index contributed by atoms with van der Waals surface area (Å²) in [6, 6.07) is 5.76. The van der Waals surface area contributed by atoms with Crippen LogP contribution >= 0.6 is 0 Å². The normalized spacial score (nSPS) is 16.3. The number of nitrogens with one attached hydrogen (secondary N) is 1. The van der Waals surface area contributed by atoms with Crippen molar-refractivity contribution in [1.29, 1.82) is 0 Å². The summed E-state index contributed by atoms with van der Waals surface area (Å²) in [4.78, 5) is 13.0. The van der Waals surface area contributed by atoms with E-state index in [1.807, 2.05) is 4.68 Å². The monoisotopic (exact) mass is 397 g/mol. The molecule has 0 aliphatic heterocycles. The smallest absolute Gasteiger partial charge is 0.277 e. The van der Waals surface area contributed by atoms with Crippen LogP contribution in [0.2, 0.25) is 0 Å². The van der Waals surface area contributed by atoms with Gasteiger partial charge in [0, 0.05) is 23.4 Å². The van der Waals surface area contributed by atoms with Crippen LogP contribution in [0.15, 0.2) is 30.5 Å². The molecule has 6 nitrogen and oxygen atoms in total. The van der Waals surface area contributed by atoms with Crippen LogP contribution in [0.4, 0.5) is 14.6 Å². The molecule has 2 heterocycles. The molecule has 0 unspecified atom stereocenters. The Hall–Kier alpha value is -3.03. The van der Waals surface area contributed by atoms with Crippen molar-refractivity contribution in [3.05, 3.63) is 59.0 Å². The summed E-state index contributed by atoms with van der Waals surface area (Å²) in [6.07, 6.45) is 8.54. The van der Waals surface area contributed by atoms with E-state index in [1.165, 1.54) is 18.9 Å². The third-order valence-corrected chi connectivity index (χ3v) is 5.88. The predicted molar refractivity (Wildman–Crippen MR) is 103 cm³/mol. The zero-order valence-corrected chi connectivity index (χ0v) is 15.9. The van der Waals surface area contributed by atoms with Crippen molar-refractivity contribution in [2.45, 2.75) is 51.0 Å². The lowest BCUT2D eigenvalue weighted by molar-refractivity contribution is 0.101. The van der Waals surface area contributed by atoms with Gasteiger partial charge in [-0.15, -0.1) is 0 Å². The Balaban J connectivity index is 1.47. The fraction of sp³-hybridized carbons (Fsp3) is 0.381. The van der Waals surface area contributed by atoms with Crippen LogP contribution in [-0.4, -0.2) is 25.5 Å². The third-order valence-electron chi connectivity index (χ3n) is 5.88. The van der Waals surface area contributed by atoms with Crippen LogP contribution in [0, 0.1) is 11.6 Å². The Morgan fingerprint density at radius 2 is 1.90 bits per heavy atom. The van der Waals surface area contributed by atoms with Crippen molar-refractivity contribution < 1.29 is 13.6 Å². The molecule has 1 saturated carbocycles. The van der Waals surface area contributed by atoms with E-state index in [0.29, 0.717) is 23.2 Å². The van der Waals surface area contributed by atoms with E-state index in [-0.39, 0.29) is 5.91 Å². The molecule has 5 rings (SSSR count). The fourth-order valence-electron chi connectivity index (χ4n) is 4.48. The second-order valence-electron chi connectivity index (χ2n) is 7.69. The molecule has 29 heavy (non-hydrogen) atoms. The topological polar surface area (TPSA) is 64.7 Å². The number of halogens is 2. The van der Waals surface area contributed by atoms with Gasteiger partial charge >= 0.3 is 0 Å². The quantitative estimate of drug-likeness (QED) is 0.718. The predicted octanol–water partition coefficient (Wildman–Crippen LogP) is 4.20. The summed E-state index contributed by atoms with van der Waals surface area (Å²) >= 11 is 0. The highest BCUT2D eigenvalue weighted by molar-refractivity contribution is 6.03. The number of carbonyl (C=O) groups is 1. The first kappa shape index (κ1) is 18.0. The summed E-state index contributed by atoms with van der Waals surface area (Å²) in [5.41, 5.74) is 2.50. The first-order chi connectivity index (χ1) is 14.1. The Labute approximate surface area is 166 Å². The lowest BCUT2D eigenvalue weighted by atomic mass is 10.2. The third kappa shape index (κ3) is 3.12. The number of hydrogen-bond donors (Lipinski definition) is 1. The van der Waals surface area contributed by atoms with Crippen molar-refractivity contribution in [3.63, 3.8) is 0 Å². The Morgan fingerprint density at radius 3 is 2.69 bits per heavy atom. The molecule has 150 valence electrons. The van der Waals surface area contributed by atoms with Gasteiger partial charge in [0.2, 0.25) is 0 Å². The molecule has 1 aromatic carbocycles. The summed E-state index contributed by atoms with van der Waals surface area (Å²) in [7, 11) is 0. The lowest BCUT2D eigenvalue weighted by Crippen LogP contribution is -2.19. The van der Waals surface area contributed by atoms with Gasteiger partial charge in [-0.3, -0.25) is 4.79 Å². The number of amides is 1. The molecule has 0 radical (unpaired) electrons. The number of anilines is 1. The maximum absolute atomic E-state index is 13.7. The van der Waals surface area contributed by atoms with Crippen LogP contribution in [0.5, 0.6) is 0 Å². The minimum atomic E-state index is -0.934. The standard InChI is InChI=1S/C21H21F2N5O/c22-16-9-8-14(12-17(16)23)27-18-7-3-6-15(18)20(26-27)21(29)25-19-10-11-24-28(19)13-4-1-2-5-13/h8-13H,1-7H2,(H,25,29). The molecule has 1 fully saturated rings. The van der Waals surface area contributed by atoms with E-state index < -0.39 is 11.6 Å². The van der Waals surface area contributed by atoms with E-state index >= 15 is 0 Å². The van der Waals surface area contributed by atoms with Crippen LogP contribution in [0.25, 0.3) is 5.69 Å². The maximum atomic E-state index is 13.7. The molecule has 3 aromatic rings. The summed E-state index contributed by atoms with van der Waals surface area (Å²) in [5.74, 6) is -1.48. The van der Waals surface area contributed by atoms with Crippen molar-refractivity contribution in [3.8, 4) is 5.69 Å². The average molecular weight is 397 g/mol. The molecule has 1 amide bonds. The number of rotatable bonds is 4. The zero-order chi connectivity index (χ0) is 20.0. The Morgan fingerprint density at radius 1 is 1.07 bits per heavy atom. The second-order valence-corrected chi connectivity index (χ2v) is 7.69. The van der Waals surface area contributed by atoms with Crippen molar-refractivity contribution >= 4 is 11.7 Å². The summed E-state index contributed by atoms with van der Waals surface area (Å²) < 4.78 is 30.5. The van der Waals surface area contributed by atoms with Crippen LogP contribution in [0.1, 0.15) is 59.9 Å². The maximum Gasteiger partial charge on any atom is 0.277 e. The van der Waals surface area contributed by atoms with Gasteiger partial charge in [-0.25, -0.2) is 18.1 Å². The van der Waals surface area contributed by atoms with E-state index in [1.54, 1.807) is 16.9 Å². The van der Waals surface area contributed by atoms with Crippen molar-refractivity contribution in [2.24, 2.45) is 0 Å². The van der Waals surface area contributed by atoms with Gasteiger partial charge in [-0.05, 0) is 44.2 Å². The molecule has 0 bridgehead atoms. The van der Waals surface area contributed by atoms with E-state index in [2.05, 4.69) is 15.5 Å². The minimum Gasteiger partial charge on any atom is -0.305 e. The Bertz CT molecular complexity index is 1080. The van der Waals surface area contributed by atoms with E-state index in [9.17, 15) is 13.6 Å². The minimum absolute atomic E-state index is 0.302. The molecule has 0 spiro atoms. The van der Waals surface area contributed by atoms with Gasteiger partial charge in [-0.1, -0.05) is 12.8 Å². The number of benzene rings is 1. The van der Waals surface area contributed by atoms with Crippen LogP contribution in [-0.2, 0) is 12.8 Å². The first-order valence-electron chi connectivity index (χ1n) is 10.0. The van der Waals surface area contributed by atoms with Crippen molar-refractivity contribution in [2.75, 3.05) is 5.32 Å². The summed E-state index contributed by atoms with van der Waals surface area (Å²) in [6.45, 7) is 0. The molecule has 0 saturated heterocycles. The number of hydrogen-bond acceptors (Lipinski definition) is 3. The molecule has 8 heteroatoms. The summed E-state index contributed by atoms with van der Waals surface area (Å²) in [5, 5.41) is 11.8. The van der Waals surface area contributed by atoms with E-state index in [4.69, 9.17) is 0 Å². The van der Waals surface area contributed by atoms with Gasteiger partial charge in [-0.2, -0.15) is 10.2 Å². The molecule has 2 aliphatic carbocycles. The number of aromatic nitrogens is 4. The van der Waals surface area contributed by atoms with Crippen molar-refractivity contribution in [1.82, 2.24) is 19.6 Å². The average Bonchev–Trinajstić information content (AvgIpc) is 3.48. The van der Waals surface area contributed by atoms with Gasteiger partial charge < -0.3 is 5.32 Å².